The normalized spacial score (nSPS) is 23.9. The molecule has 108 valence electrons. The Bertz CT molecular complexity index is 679. The number of ether oxygens (including phenoxy) is 1. The predicted octanol–water partition coefficient (Wildman–Crippen LogP) is 3.59. The fourth-order valence-electron chi connectivity index (χ4n) is 4.11. The minimum Gasteiger partial charge on any atom is -0.497 e. The summed E-state index contributed by atoms with van der Waals surface area (Å²) in [4.78, 5) is 2.52. The Balaban J connectivity index is 1.91. The molecule has 0 unspecified atom stereocenters. The highest BCUT2D eigenvalue weighted by Crippen LogP contribution is 2.44. The molecule has 1 aliphatic carbocycles. The third kappa shape index (κ3) is 1.97. The Morgan fingerprint density at radius 3 is 2.76 bits per heavy atom. The molecule has 2 heteroatoms. The van der Waals surface area contributed by atoms with Crippen molar-refractivity contribution in [2.45, 2.75) is 31.3 Å². The molecule has 1 aliphatic heterocycles. The summed E-state index contributed by atoms with van der Waals surface area (Å²) >= 11 is 0. The lowest BCUT2D eigenvalue weighted by Crippen LogP contribution is -2.43. The first kappa shape index (κ1) is 12.9. The van der Waals surface area contributed by atoms with Gasteiger partial charge in [0.1, 0.15) is 5.75 Å². The van der Waals surface area contributed by atoms with E-state index in [9.17, 15) is 0 Å². The number of benzene rings is 2. The quantitative estimate of drug-likeness (QED) is 0.791. The van der Waals surface area contributed by atoms with Crippen molar-refractivity contribution in [2.24, 2.45) is 0 Å². The van der Waals surface area contributed by atoms with Gasteiger partial charge in [-0.15, -0.1) is 0 Å². The van der Waals surface area contributed by atoms with Gasteiger partial charge in [-0.3, -0.25) is 4.90 Å². The van der Waals surface area contributed by atoms with E-state index in [1.165, 1.54) is 35.1 Å². The van der Waals surface area contributed by atoms with E-state index in [1.807, 2.05) is 0 Å². The molecule has 0 aromatic heterocycles. The van der Waals surface area contributed by atoms with Gasteiger partial charge in [-0.1, -0.05) is 30.3 Å². The fraction of sp³-hybridized carbons (Fsp3) is 0.368. The van der Waals surface area contributed by atoms with Crippen LogP contribution in [0.4, 0.5) is 0 Å². The predicted molar refractivity (Wildman–Crippen MR) is 84.9 cm³/mol. The molecule has 2 atom stereocenters. The summed E-state index contributed by atoms with van der Waals surface area (Å²) < 4.78 is 5.46. The van der Waals surface area contributed by atoms with Crippen LogP contribution >= 0.6 is 0 Å². The van der Waals surface area contributed by atoms with Crippen molar-refractivity contribution < 1.29 is 4.74 Å². The fourth-order valence-corrected chi connectivity index (χ4v) is 4.11. The average Bonchev–Trinajstić information content (AvgIpc) is 2.54. The molecule has 1 heterocycles. The van der Waals surface area contributed by atoms with Crippen LogP contribution in [0, 0.1) is 0 Å². The molecule has 2 aromatic carbocycles. The lowest BCUT2D eigenvalue weighted by atomic mass is 9.72. The van der Waals surface area contributed by atoms with E-state index in [0.29, 0.717) is 12.0 Å². The van der Waals surface area contributed by atoms with Gasteiger partial charge in [0.2, 0.25) is 0 Å². The van der Waals surface area contributed by atoms with Gasteiger partial charge < -0.3 is 4.74 Å². The zero-order valence-electron chi connectivity index (χ0n) is 12.7. The largest absolute Gasteiger partial charge is 0.497 e. The molecule has 0 bridgehead atoms. The van der Waals surface area contributed by atoms with E-state index in [1.54, 1.807) is 7.11 Å². The molecule has 0 amide bonds. The first-order valence-corrected chi connectivity index (χ1v) is 7.73. The minimum absolute atomic E-state index is 0.485. The van der Waals surface area contributed by atoms with Crippen LogP contribution in [0.2, 0.25) is 0 Å². The second-order valence-corrected chi connectivity index (χ2v) is 6.26. The summed E-state index contributed by atoms with van der Waals surface area (Å²) in [5, 5.41) is 0. The van der Waals surface area contributed by atoms with Crippen LogP contribution in [-0.4, -0.2) is 25.1 Å². The van der Waals surface area contributed by atoms with Crippen molar-refractivity contribution in [3.05, 3.63) is 64.7 Å². The average molecular weight is 279 g/mol. The molecule has 2 nitrogen and oxygen atoms in total. The van der Waals surface area contributed by atoms with Gasteiger partial charge in [0.25, 0.3) is 0 Å². The lowest BCUT2D eigenvalue weighted by Gasteiger charge is -2.44. The number of methoxy groups -OCH3 is 1. The zero-order chi connectivity index (χ0) is 14.4. The number of fused-ring (bicyclic) bond motifs is 5. The molecular formula is C19H21NO. The van der Waals surface area contributed by atoms with Crippen molar-refractivity contribution in [1.29, 1.82) is 0 Å². The third-order valence-corrected chi connectivity index (χ3v) is 5.16. The Labute approximate surface area is 126 Å². The number of hydrogen-bond acceptors (Lipinski definition) is 2. The molecule has 4 rings (SSSR count). The second kappa shape index (κ2) is 4.88. The number of hydrogen-bond donors (Lipinski definition) is 0. The van der Waals surface area contributed by atoms with Crippen LogP contribution in [0.5, 0.6) is 5.75 Å². The Kier molecular flexibility index (Phi) is 3.00. The molecule has 2 aliphatic rings. The summed E-state index contributed by atoms with van der Waals surface area (Å²) in [6, 6.07) is 16.1. The monoisotopic (exact) mass is 279 g/mol. The highest BCUT2D eigenvalue weighted by molar-refractivity contribution is 5.49. The smallest absolute Gasteiger partial charge is 0.119 e. The van der Waals surface area contributed by atoms with E-state index in [-0.39, 0.29) is 0 Å². The summed E-state index contributed by atoms with van der Waals surface area (Å²) in [6.07, 6.45) is 2.42. The first-order chi connectivity index (χ1) is 10.3. The lowest BCUT2D eigenvalue weighted by molar-refractivity contribution is 0.178. The maximum atomic E-state index is 5.46. The van der Waals surface area contributed by atoms with E-state index < -0.39 is 0 Å². The van der Waals surface area contributed by atoms with Gasteiger partial charge in [0.05, 0.1) is 7.11 Å². The summed E-state index contributed by atoms with van der Waals surface area (Å²) in [6.45, 7) is 1.07. The van der Waals surface area contributed by atoms with E-state index in [0.717, 1.165) is 12.3 Å². The highest BCUT2D eigenvalue weighted by atomic mass is 16.5. The number of nitrogens with zero attached hydrogens (tertiary/aromatic N) is 1. The highest BCUT2D eigenvalue weighted by Gasteiger charge is 2.37. The topological polar surface area (TPSA) is 12.5 Å². The van der Waals surface area contributed by atoms with Crippen LogP contribution in [0.15, 0.2) is 42.5 Å². The van der Waals surface area contributed by atoms with Gasteiger partial charge in [0.15, 0.2) is 0 Å². The third-order valence-electron chi connectivity index (χ3n) is 5.16. The number of likely N-dealkylation sites (N-methyl/N-ethyl adjacent to an activating group) is 1. The van der Waals surface area contributed by atoms with E-state index in [2.05, 4.69) is 54.4 Å². The Morgan fingerprint density at radius 2 is 1.90 bits per heavy atom. The SMILES string of the molecule is COc1ccc2c(c1)[C@H]1c3ccccc3CN(C)[C@@H]1CC2. The zero-order valence-corrected chi connectivity index (χ0v) is 12.7. The van der Waals surface area contributed by atoms with E-state index in [4.69, 9.17) is 4.74 Å². The molecular weight excluding hydrogens is 258 g/mol. The Morgan fingerprint density at radius 1 is 1.05 bits per heavy atom. The standard InChI is InChI=1S/C19H21NO/c1-20-12-14-5-3-4-6-16(14)19-17-11-15(21-2)9-7-13(17)8-10-18(19)20/h3-7,9,11,18-19H,8,10,12H2,1-2H3/t18-,19-/m1/s1. The maximum Gasteiger partial charge on any atom is 0.119 e. The molecule has 0 N–H and O–H groups in total. The molecule has 0 radical (unpaired) electrons. The second-order valence-electron chi connectivity index (χ2n) is 6.26. The minimum atomic E-state index is 0.485. The Hall–Kier alpha value is -1.80. The van der Waals surface area contributed by atoms with Gasteiger partial charge >= 0.3 is 0 Å². The van der Waals surface area contributed by atoms with Crippen molar-refractivity contribution in [2.75, 3.05) is 14.2 Å². The van der Waals surface area contributed by atoms with Crippen molar-refractivity contribution >= 4 is 0 Å². The molecule has 21 heavy (non-hydrogen) atoms. The van der Waals surface area contributed by atoms with Gasteiger partial charge in [0, 0.05) is 18.5 Å². The van der Waals surface area contributed by atoms with Crippen LogP contribution < -0.4 is 4.74 Å². The molecule has 0 saturated heterocycles. The summed E-state index contributed by atoms with van der Waals surface area (Å²) in [5.41, 5.74) is 5.93. The van der Waals surface area contributed by atoms with Crippen LogP contribution in [0.25, 0.3) is 0 Å². The molecule has 0 spiro atoms. The van der Waals surface area contributed by atoms with Crippen LogP contribution in [0.1, 0.15) is 34.6 Å². The first-order valence-electron chi connectivity index (χ1n) is 7.73. The van der Waals surface area contributed by atoms with Crippen molar-refractivity contribution in [1.82, 2.24) is 4.90 Å². The van der Waals surface area contributed by atoms with Gasteiger partial charge in [-0.05, 0) is 54.3 Å². The van der Waals surface area contributed by atoms with Crippen LogP contribution in [-0.2, 0) is 13.0 Å². The summed E-state index contributed by atoms with van der Waals surface area (Å²) in [5.74, 6) is 1.46. The van der Waals surface area contributed by atoms with Gasteiger partial charge in [-0.25, -0.2) is 0 Å². The molecule has 2 aromatic rings. The van der Waals surface area contributed by atoms with Crippen LogP contribution in [0.3, 0.4) is 0 Å². The van der Waals surface area contributed by atoms with Gasteiger partial charge in [-0.2, -0.15) is 0 Å². The van der Waals surface area contributed by atoms with E-state index >= 15 is 0 Å². The van der Waals surface area contributed by atoms with Crippen molar-refractivity contribution in [3.8, 4) is 5.75 Å². The summed E-state index contributed by atoms with van der Waals surface area (Å²) in [7, 11) is 4.02. The number of aryl methyl sites for hydroxylation is 1. The van der Waals surface area contributed by atoms with Crippen molar-refractivity contribution in [3.63, 3.8) is 0 Å². The number of rotatable bonds is 1. The molecule has 0 saturated carbocycles. The maximum absolute atomic E-state index is 5.46. The molecule has 0 fully saturated rings.